The quantitative estimate of drug-likeness (QED) is 0.847. The maximum Gasteiger partial charge on any atom is 0.218 e. The Morgan fingerprint density at radius 3 is 2.33 bits per heavy atom. The topological polar surface area (TPSA) is 46.2 Å². The van der Waals surface area contributed by atoms with E-state index in [9.17, 15) is 8.42 Å². The first-order valence-electron chi connectivity index (χ1n) is 5.12. The number of hydrogen-bond acceptors (Lipinski definition) is 2. The molecule has 0 saturated heterocycles. The van der Waals surface area contributed by atoms with Crippen LogP contribution in [-0.2, 0) is 10.0 Å². The largest absolute Gasteiger partial charge is 0.218 e. The van der Waals surface area contributed by atoms with Crippen molar-refractivity contribution >= 4 is 10.0 Å². The van der Waals surface area contributed by atoms with Crippen molar-refractivity contribution in [1.29, 1.82) is 0 Å². The van der Waals surface area contributed by atoms with E-state index < -0.39 is 10.0 Å². The molecule has 0 heterocycles. The van der Waals surface area contributed by atoms with Gasteiger partial charge in [-0.25, -0.2) is 13.1 Å². The fraction of sp³-hybridized carbons (Fsp3) is 0.455. The van der Waals surface area contributed by atoms with Crippen molar-refractivity contribution in [1.82, 2.24) is 4.72 Å². The van der Waals surface area contributed by atoms with E-state index in [4.69, 9.17) is 0 Å². The number of nitrogens with one attached hydrogen (secondary N) is 1. The summed E-state index contributed by atoms with van der Waals surface area (Å²) in [5, 5.41) is -0.372. The Kier molecular flexibility index (Phi) is 2.80. The third-order valence-corrected chi connectivity index (χ3v) is 4.69. The molecule has 0 aliphatic heterocycles. The zero-order valence-corrected chi connectivity index (χ0v) is 9.50. The number of hydrogen-bond donors (Lipinski definition) is 1. The van der Waals surface area contributed by atoms with Crippen LogP contribution in [0.3, 0.4) is 0 Å². The van der Waals surface area contributed by atoms with Gasteiger partial charge in [0, 0.05) is 0 Å². The third kappa shape index (κ3) is 2.21. The van der Waals surface area contributed by atoms with Crippen molar-refractivity contribution in [2.75, 3.05) is 7.05 Å². The standard InChI is InChI=1S/C11H15NO2S/c1-12-15(13,14)11(10-7-8-10)9-5-3-2-4-6-9/h2-6,10-12H,7-8H2,1H3. The summed E-state index contributed by atoms with van der Waals surface area (Å²) in [6.07, 6.45) is 2.03. The van der Waals surface area contributed by atoms with Crippen LogP contribution in [0, 0.1) is 5.92 Å². The zero-order chi connectivity index (χ0) is 10.9. The molecule has 0 spiro atoms. The highest BCUT2D eigenvalue weighted by Crippen LogP contribution is 2.45. The molecule has 1 aromatic rings. The van der Waals surface area contributed by atoms with E-state index in [1.165, 1.54) is 7.05 Å². The first kappa shape index (κ1) is 10.6. The van der Waals surface area contributed by atoms with Crippen LogP contribution in [-0.4, -0.2) is 15.5 Å². The van der Waals surface area contributed by atoms with Gasteiger partial charge in [0.2, 0.25) is 10.0 Å². The first-order valence-corrected chi connectivity index (χ1v) is 6.67. The van der Waals surface area contributed by atoms with Crippen molar-refractivity contribution in [3.8, 4) is 0 Å². The van der Waals surface area contributed by atoms with Gasteiger partial charge in [0.1, 0.15) is 5.25 Å². The van der Waals surface area contributed by atoms with Crippen LogP contribution in [0.1, 0.15) is 23.7 Å². The summed E-state index contributed by atoms with van der Waals surface area (Å²) in [4.78, 5) is 0. The Labute approximate surface area is 90.6 Å². The van der Waals surface area contributed by atoms with Crippen molar-refractivity contribution in [2.45, 2.75) is 18.1 Å². The number of rotatable bonds is 4. The van der Waals surface area contributed by atoms with E-state index in [0.717, 1.165) is 18.4 Å². The molecule has 3 nitrogen and oxygen atoms in total. The van der Waals surface area contributed by atoms with Gasteiger partial charge in [-0.15, -0.1) is 0 Å². The minimum absolute atomic E-state index is 0.296. The second kappa shape index (κ2) is 3.94. The lowest BCUT2D eigenvalue weighted by Crippen LogP contribution is -2.27. The van der Waals surface area contributed by atoms with E-state index in [2.05, 4.69) is 4.72 Å². The molecule has 1 aromatic carbocycles. The summed E-state index contributed by atoms with van der Waals surface area (Å²) in [5.41, 5.74) is 0.898. The van der Waals surface area contributed by atoms with Gasteiger partial charge in [-0.05, 0) is 31.4 Å². The summed E-state index contributed by atoms with van der Waals surface area (Å²) < 4.78 is 26.2. The smallest absolute Gasteiger partial charge is 0.218 e. The molecule has 0 radical (unpaired) electrons. The normalized spacial score (nSPS) is 18.7. The van der Waals surface area contributed by atoms with Gasteiger partial charge in [0.05, 0.1) is 0 Å². The zero-order valence-electron chi connectivity index (χ0n) is 8.68. The molecule has 2 rings (SSSR count). The van der Waals surface area contributed by atoms with Crippen molar-refractivity contribution < 1.29 is 8.42 Å². The summed E-state index contributed by atoms with van der Waals surface area (Å²) in [6.45, 7) is 0. The highest BCUT2D eigenvalue weighted by atomic mass is 32.2. The van der Waals surface area contributed by atoms with Gasteiger partial charge < -0.3 is 0 Å². The molecule has 15 heavy (non-hydrogen) atoms. The molecular weight excluding hydrogens is 210 g/mol. The summed E-state index contributed by atoms with van der Waals surface area (Å²) >= 11 is 0. The van der Waals surface area contributed by atoms with E-state index >= 15 is 0 Å². The Balaban J connectivity index is 2.37. The van der Waals surface area contributed by atoms with E-state index in [-0.39, 0.29) is 5.25 Å². The molecule has 1 saturated carbocycles. The monoisotopic (exact) mass is 225 g/mol. The van der Waals surface area contributed by atoms with Gasteiger partial charge >= 0.3 is 0 Å². The van der Waals surface area contributed by atoms with Crippen molar-refractivity contribution in [2.24, 2.45) is 5.92 Å². The SMILES string of the molecule is CNS(=O)(=O)C(c1ccccc1)C1CC1. The Hall–Kier alpha value is -0.870. The van der Waals surface area contributed by atoms with E-state index in [1.807, 2.05) is 30.3 Å². The van der Waals surface area contributed by atoms with Gasteiger partial charge in [0.15, 0.2) is 0 Å². The second-order valence-electron chi connectivity index (χ2n) is 3.92. The molecule has 1 aliphatic carbocycles. The Morgan fingerprint density at radius 2 is 1.87 bits per heavy atom. The molecule has 0 aromatic heterocycles. The molecule has 1 atom stereocenters. The average Bonchev–Trinajstić information content (AvgIpc) is 3.04. The first-order chi connectivity index (χ1) is 7.15. The van der Waals surface area contributed by atoms with Crippen LogP contribution < -0.4 is 4.72 Å². The Bertz CT molecular complexity index is 423. The van der Waals surface area contributed by atoms with E-state index in [0.29, 0.717) is 5.92 Å². The van der Waals surface area contributed by atoms with Crippen LogP contribution in [0.5, 0.6) is 0 Å². The van der Waals surface area contributed by atoms with Crippen molar-refractivity contribution in [3.05, 3.63) is 35.9 Å². The molecule has 1 aliphatic rings. The third-order valence-electron chi connectivity index (χ3n) is 2.80. The lowest BCUT2D eigenvalue weighted by Gasteiger charge is -2.16. The second-order valence-corrected chi connectivity index (χ2v) is 5.92. The van der Waals surface area contributed by atoms with Crippen LogP contribution in [0.4, 0.5) is 0 Å². The highest BCUT2D eigenvalue weighted by Gasteiger charge is 2.40. The minimum atomic E-state index is -3.20. The lowest BCUT2D eigenvalue weighted by atomic mass is 10.1. The fourth-order valence-electron chi connectivity index (χ4n) is 1.87. The summed E-state index contributed by atoms with van der Waals surface area (Å²) in [7, 11) is -1.72. The molecule has 1 fully saturated rings. The van der Waals surface area contributed by atoms with Gasteiger partial charge in [-0.2, -0.15) is 0 Å². The van der Waals surface area contributed by atoms with Crippen LogP contribution in [0.2, 0.25) is 0 Å². The van der Waals surface area contributed by atoms with E-state index in [1.54, 1.807) is 0 Å². The van der Waals surface area contributed by atoms with Crippen molar-refractivity contribution in [3.63, 3.8) is 0 Å². The molecule has 0 bridgehead atoms. The maximum absolute atomic E-state index is 11.9. The average molecular weight is 225 g/mol. The molecular formula is C11H15NO2S. The van der Waals surface area contributed by atoms with Crippen LogP contribution in [0.25, 0.3) is 0 Å². The van der Waals surface area contributed by atoms with Gasteiger partial charge in [-0.1, -0.05) is 30.3 Å². The lowest BCUT2D eigenvalue weighted by molar-refractivity contribution is 0.563. The predicted molar refractivity (Wildman–Crippen MR) is 59.9 cm³/mol. The summed E-state index contributed by atoms with van der Waals surface area (Å²) in [5.74, 6) is 0.296. The Morgan fingerprint density at radius 1 is 1.27 bits per heavy atom. The molecule has 1 unspecified atom stereocenters. The number of sulfonamides is 1. The van der Waals surface area contributed by atoms with Crippen LogP contribution in [0.15, 0.2) is 30.3 Å². The fourth-order valence-corrected chi connectivity index (χ4v) is 3.42. The van der Waals surface area contributed by atoms with Gasteiger partial charge in [-0.3, -0.25) is 0 Å². The van der Waals surface area contributed by atoms with Gasteiger partial charge in [0.25, 0.3) is 0 Å². The molecule has 0 amide bonds. The molecule has 1 N–H and O–H groups in total. The number of benzene rings is 1. The molecule has 82 valence electrons. The molecule has 4 heteroatoms. The predicted octanol–water partition coefficient (Wildman–Crippen LogP) is 1.69. The summed E-state index contributed by atoms with van der Waals surface area (Å²) in [6, 6.07) is 9.45. The maximum atomic E-state index is 11.9. The van der Waals surface area contributed by atoms with Crippen LogP contribution >= 0.6 is 0 Å². The minimum Gasteiger partial charge on any atom is -0.218 e. The highest BCUT2D eigenvalue weighted by molar-refractivity contribution is 7.89.